The van der Waals surface area contributed by atoms with E-state index in [1.165, 1.54) is 0 Å². The molecule has 11 heavy (non-hydrogen) atoms. The number of hydrogen-bond acceptors (Lipinski definition) is 3. The molecule has 0 aromatic carbocycles. The van der Waals surface area contributed by atoms with E-state index in [1.807, 2.05) is 23.1 Å². The first-order chi connectivity index (χ1) is 5.36. The molecule has 0 saturated carbocycles. The first-order valence-electron chi connectivity index (χ1n) is 3.27. The van der Waals surface area contributed by atoms with Gasteiger partial charge in [0.05, 0.1) is 5.01 Å². The lowest BCUT2D eigenvalue weighted by Gasteiger charge is -1.91. The molecule has 0 bridgehead atoms. The molecule has 4 heteroatoms. The number of hydrogen-bond donors (Lipinski definition) is 0. The Morgan fingerprint density at radius 2 is 2.45 bits per heavy atom. The van der Waals surface area contributed by atoms with Gasteiger partial charge in [0.1, 0.15) is 12.1 Å². The van der Waals surface area contributed by atoms with Crippen LogP contribution in [0.1, 0.15) is 5.01 Å². The average Bonchev–Trinajstić information content (AvgIpc) is 2.55. The van der Waals surface area contributed by atoms with E-state index in [-0.39, 0.29) is 0 Å². The minimum Gasteiger partial charge on any atom is -0.290 e. The maximum Gasteiger partial charge on any atom is 0.149 e. The fraction of sp³-hybridized carbons (Fsp3) is 0.143. The van der Waals surface area contributed by atoms with Crippen LogP contribution in [-0.4, -0.2) is 14.5 Å². The number of thiazole rings is 1. The van der Waals surface area contributed by atoms with Gasteiger partial charge in [0, 0.05) is 17.8 Å². The second-order valence-corrected chi connectivity index (χ2v) is 3.26. The summed E-state index contributed by atoms with van der Waals surface area (Å²) in [7, 11) is 0. The lowest BCUT2D eigenvalue weighted by Crippen LogP contribution is -1.88. The fourth-order valence-electron chi connectivity index (χ4n) is 0.865. The van der Waals surface area contributed by atoms with Crippen molar-refractivity contribution in [3.8, 4) is 5.82 Å². The van der Waals surface area contributed by atoms with Crippen LogP contribution in [0.5, 0.6) is 0 Å². The first-order valence-corrected chi connectivity index (χ1v) is 4.15. The number of aryl methyl sites for hydroxylation is 1. The van der Waals surface area contributed by atoms with E-state index < -0.39 is 0 Å². The van der Waals surface area contributed by atoms with Crippen LogP contribution in [0.25, 0.3) is 5.82 Å². The molecule has 2 rings (SSSR count). The Bertz CT molecular complexity index is 336. The predicted octanol–water partition coefficient (Wildman–Crippen LogP) is 1.64. The third-order valence-corrected chi connectivity index (χ3v) is 2.14. The second kappa shape index (κ2) is 2.47. The molecule has 0 aliphatic carbocycles. The van der Waals surface area contributed by atoms with Gasteiger partial charge >= 0.3 is 0 Å². The molecule has 2 aromatic rings. The van der Waals surface area contributed by atoms with E-state index in [9.17, 15) is 0 Å². The third-order valence-electron chi connectivity index (χ3n) is 1.38. The Morgan fingerprint density at radius 1 is 1.55 bits per heavy atom. The van der Waals surface area contributed by atoms with E-state index in [4.69, 9.17) is 0 Å². The van der Waals surface area contributed by atoms with Crippen molar-refractivity contribution >= 4 is 11.3 Å². The summed E-state index contributed by atoms with van der Waals surface area (Å²) in [4.78, 5) is 8.23. The molecule has 0 unspecified atom stereocenters. The zero-order chi connectivity index (χ0) is 7.68. The van der Waals surface area contributed by atoms with E-state index >= 15 is 0 Å². The standard InChI is InChI=1S/C7H7N3S/c1-6-9-7(4-11-6)10-3-2-8-5-10/h2-5H,1H3. The van der Waals surface area contributed by atoms with Crippen molar-refractivity contribution in [2.75, 3.05) is 0 Å². The van der Waals surface area contributed by atoms with Gasteiger partial charge in [-0.2, -0.15) is 0 Å². The van der Waals surface area contributed by atoms with E-state index in [0.717, 1.165) is 10.8 Å². The zero-order valence-electron chi connectivity index (χ0n) is 6.06. The average molecular weight is 165 g/mol. The van der Waals surface area contributed by atoms with Crippen molar-refractivity contribution in [3.63, 3.8) is 0 Å². The third kappa shape index (κ3) is 1.17. The van der Waals surface area contributed by atoms with Crippen LogP contribution in [0.2, 0.25) is 0 Å². The van der Waals surface area contributed by atoms with Crippen molar-refractivity contribution in [1.82, 2.24) is 14.5 Å². The molecule has 56 valence electrons. The highest BCUT2D eigenvalue weighted by Gasteiger charge is 1.97. The van der Waals surface area contributed by atoms with Gasteiger partial charge in [-0.05, 0) is 6.92 Å². The Hall–Kier alpha value is -1.16. The molecular weight excluding hydrogens is 158 g/mol. The largest absolute Gasteiger partial charge is 0.290 e. The Morgan fingerprint density at radius 3 is 3.00 bits per heavy atom. The molecule has 0 aliphatic heterocycles. The van der Waals surface area contributed by atoms with Crippen LogP contribution in [0, 0.1) is 6.92 Å². The van der Waals surface area contributed by atoms with Crippen molar-refractivity contribution in [2.45, 2.75) is 6.92 Å². The van der Waals surface area contributed by atoms with E-state index in [0.29, 0.717) is 0 Å². The summed E-state index contributed by atoms with van der Waals surface area (Å²) >= 11 is 1.64. The molecule has 0 atom stereocenters. The van der Waals surface area contributed by atoms with Crippen molar-refractivity contribution < 1.29 is 0 Å². The first kappa shape index (κ1) is 6.54. The van der Waals surface area contributed by atoms with Gasteiger partial charge in [-0.25, -0.2) is 9.97 Å². The predicted molar refractivity (Wildman–Crippen MR) is 44.0 cm³/mol. The quantitative estimate of drug-likeness (QED) is 0.643. The SMILES string of the molecule is Cc1nc(-n2ccnc2)cs1. The number of rotatable bonds is 1. The van der Waals surface area contributed by atoms with Gasteiger partial charge in [-0.3, -0.25) is 4.57 Å². The summed E-state index contributed by atoms with van der Waals surface area (Å²) in [6, 6.07) is 0. The second-order valence-electron chi connectivity index (χ2n) is 2.19. The van der Waals surface area contributed by atoms with Gasteiger partial charge in [-0.15, -0.1) is 11.3 Å². The molecule has 0 spiro atoms. The summed E-state index contributed by atoms with van der Waals surface area (Å²) in [5.74, 6) is 0.949. The lowest BCUT2D eigenvalue weighted by atomic mass is 10.7. The fourth-order valence-corrected chi connectivity index (χ4v) is 1.46. The molecule has 2 aromatic heterocycles. The van der Waals surface area contributed by atoms with Crippen LogP contribution in [0.4, 0.5) is 0 Å². The number of nitrogens with zero attached hydrogens (tertiary/aromatic N) is 3. The molecule has 0 fully saturated rings. The maximum atomic E-state index is 4.29. The molecular formula is C7H7N3S. The Balaban J connectivity index is 2.45. The van der Waals surface area contributed by atoms with Crippen LogP contribution in [0.3, 0.4) is 0 Å². The summed E-state index contributed by atoms with van der Waals surface area (Å²) in [6.07, 6.45) is 5.37. The normalized spacial score (nSPS) is 10.3. The summed E-state index contributed by atoms with van der Waals surface area (Å²) < 4.78 is 1.89. The lowest BCUT2D eigenvalue weighted by molar-refractivity contribution is 1.000. The van der Waals surface area contributed by atoms with E-state index in [2.05, 4.69) is 9.97 Å². The monoisotopic (exact) mass is 165 g/mol. The van der Waals surface area contributed by atoms with E-state index in [1.54, 1.807) is 23.9 Å². The van der Waals surface area contributed by atoms with Gasteiger partial charge in [-0.1, -0.05) is 0 Å². The molecule has 3 nitrogen and oxygen atoms in total. The van der Waals surface area contributed by atoms with Crippen molar-refractivity contribution in [1.29, 1.82) is 0 Å². The van der Waals surface area contributed by atoms with Gasteiger partial charge in [0.25, 0.3) is 0 Å². The van der Waals surface area contributed by atoms with Gasteiger partial charge < -0.3 is 0 Å². The van der Waals surface area contributed by atoms with Gasteiger partial charge in [0.15, 0.2) is 0 Å². The van der Waals surface area contributed by atoms with Crippen molar-refractivity contribution in [3.05, 3.63) is 29.1 Å². The van der Waals surface area contributed by atoms with Crippen LogP contribution < -0.4 is 0 Å². The summed E-state index contributed by atoms with van der Waals surface area (Å²) in [5, 5.41) is 3.09. The Labute approximate surface area is 68.4 Å². The minimum atomic E-state index is 0.949. The Kier molecular flexibility index (Phi) is 1.47. The molecule has 0 amide bonds. The molecule has 0 N–H and O–H groups in total. The number of imidazole rings is 1. The summed E-state index contributed by atoms with van der Waals surface area (Å²) in [5.41, 5.74) is 0. The van der Waals surface area contributed by atoms with Crippen molar-refractivity contribution in [2.24, 2.45) is 0 Å². The maximum absolute atomic E-state index is 4.29. The highest BCUT2D eigenvalue weighted by Crippen LogP contribution is 2.11. The van der Waals surface area contributed by atoms with Gasteiger partial charge in [0.2, 0.25) is 0 Å². The highest BCUT2D eigenvalue weighted by atomic mass is 32.1. The topological polar surface area (TPSA) is 30.7 Å². The summed E-state index contributed by atoms with van der Waals surface area (Å²) in [6.45, 7) is 1.99. The molecule has 0 saturated heterocycles. The zero-order valence-corrected chi connectivity index (χ0v) is 6.88. The van der Waals surface area contributed by atoms with Crippen LogP contribution in [0.15, 0.2) is 24.1 Å². The molecule has 0 radical (unpaired) electrons. The smallest absolute Gasteiger partial charge is 0.149 e. The molecule has 2 heterocycles. The van der Waals surface area contributed by atoms with Crippen LogP contribution in [-0.2, 0) is 0 Å². The van der Waals surface area contributed by atoms with Crippen LogP contribution >= 0.6 is 11.3 Å². The highest BCUT2D eigenvalue weighted by molar-refractivity contribution is 7.09. The minimum absolute atomic E-state index is 0.949. The number of aromatic nitrogens is 3. The molecule has 0 aliphatic rings.